The van der Waals surface area contributed by atoms with E-state index in [-0.39, 0.29) is 22.5 Å². The van der Waals surface area contributed by atoms with Crippen LogP contribution in [-0.4, -0.2) is 39.2 Å². The summed E-state index contributed by atoms with van der Waals surface area (Å²) in [6.45, 7) is 13.3. The molecular formula is C17H28O5Si. The van der Waals surface area contributed by atoms with Gasteiger partial charge in [0, 0.05) is 6.07 Å². The van der Waals surface area contributed by atoms with E-state index >= 15 is 0 Å². The molecular weight excluding hydrogens is 312 g/mol. The fourth-order valence-electron chi connectivity index (χ4n) is 1.70. The third-order valence-electron chi connectivity index (χ3n) is 4.13. The van der Waals surface area contributed by atoms with Crippen molar-refractivity contribution in [2.24, 2.45) is 0 Å². The molecule has 0 saturated heterocycles. The lowest BCUT2D eigenvalue weighted by Crippen LogP contribution is -2.43. The van der Waals surface area contributed by atoms with Crippen LogP contribution < -0.4 is 4.74 Å². The van der Waals surface area contributed by atoms with E-state index in [4.69, 9.17) is 9.16 Å². The highest BCUT2D eigenvalue weighted by Gasteiger charge is 2.37. The quantitative estimate of drug-likeness (QED) is 0.627. The Morgan fingerprint density at radius 1 is 1.26 bits per heavy atom. The normalized spacial score (nSPS) is 13.5. The average molecular weight is 340 g/mol. The van der Waals surface area contributed by atoms with Crippen LogP contribution in [0.2, 0.25) is 18.1 Å². The second kappa shape index (κ2) is 7.36. The van der Waals surface area contributed by atoms with Crippen LogP contribution in [0.4, 0.5) is 0 Å². The van der Waals surface area contributed by atoms with Gasteiger partial charge in [0.25, 0.3) is 0 Å². The topological polar surface area (TPSA) is 65.0 Å². The van der Waals surface area contributed by atoms with Crippen molar-refractivity contribution in [3.63, 3.8) is 0 Å². The van der Waals surface area contributed by atoms with Gasteiger partial charge < -0.3 is 19.0 Å². The van der Waals surface area contributed by atoms with Crippen molar-refractivity contribution in [3.8, 4) is 11.5 Å². The van der Waals surface area contributed by atoms with Gasteiger partial charge in [-0.1, -0.05) is 20.8 Å². The molecule has 23 heavy (non-hydrogen) atoms. The summed E-state index contributed by atoms with van der Waals surface area (Å²) in [5.41, 5.74) is 0.250. The molecule has 1 rings (SSSR count). The van der Waals surface area contributed by atoms with E-state index in [9.17, 15) is 9.90 Å². The van der Waals surface area contributed by atoms with Gasteiger partial charge >= 0.3 is 5.97 Å². The van der Waals surface area contributed by atoms with Gasteiger partial charge in [0.1, 0.15) is 17.6 Å². The van der Waals surface area contributed by atoms with Gasteiger partial charge in [-0.05, 0) is 37.2 Å². The third-order valence-corrected chi connectivity index (χ3v) is 8.64. The zero-order chi connectivity index (χ0) is 17.8. The van der Waals surface area contributed by atoms with Gasteiger partial charge in [-0.25, -0.2) is 4.79 Å². The number of rotatable bonds is 6. The van der Waals surface area contributed by atoms with Crippen LogP contribution in [-0.2, 0) is 9.16 Å². The fraction of sp³-hybridized carbons (Fsp3) is 0.588. The van der Waals surface area contributed by atoms with Crippen molar-refractivity contribution in [1.29, 1.82) is 0 Å². The summed E-state index contributed by atoms with van der Waals surface area (Å²) in [4.78, 5) is 11.6. The first-order valence-corrected chi connectivity index (χ1v) is 10.6. The Morgan fingerprint density at radius 3 is 2.39 bits per heavy atom. The largest absolute Gasteiger partial charge is 0.508 e. The molecule has 0 aromatic heterocycles. The molecule has 0 bridgehead atoms. The molecule has 6 heteroatoms. The number of esters is 1. The molecule has 1 atom stereocenters. The summed E-state index contributed by atoms with van der Waals surface area (Å²) in [5, 5.41) is 9.84. The number of aromatic hydroxyl groups is 1. The summed E-state index contributed by atoms with van der Waals surface area (Å²) in [6, 6.07) is 4.36. The second-order valence-corrected chi connectivity index (χ2v) is 12.0. The van der Waals surface area contributed by atoms with Gasteiger partial charge in [0.2, 0.25) is 0 Å². The van der Waals surface area contributed by atoms with Crippen LogP contribution in [0.1, 0.15) is 38.1 Å². The molecule has 5 nitrogen and oxygen atoms in total. The Kier molecular flexibility index (Phi) is 6.24. The molecule has 0 fully saturated rings. The Morgan fingerprint density at radius 2 is 1.87 bits per heavy atom. The maximum absolute atomic E-state index is 11.6. The molecule has 1 N–H and O–H groups in total. The van der Waals surface area contributed by atoms with E-state index in [1.54, 1.807) is 6.07 Å². The third kappa shape index (κ3) is 5.55. The van der Waals surface area contributed by atoms with Crippen molar-refractivity contribution < 1.29 is 23.8 Å². The number of carbonyl (C=O) groups excluding carboxylic acids is 1. The summed E-state index contributed by atoms with van der Waals surface area (Å²) >= 11 is 0. The second-order valence-electron chi connectivity index (χ2n) is 7.21. The van der Waals surface area contributed by atoms with Crippen molar-refractivity contribution in [2.45, 2.75) is 51.9 Å². The molecule has 0 amide bonds. The van der Waals surface area contributed by atoms with E-state index in [2.05, 4.69) is 38.6 Å². The Labute approximate surface area is 139 Å². The highest BCUT2D eigenvalue weighted by Crippen LogP contribution is 2.36. The van der Waals surface area contributed by atoms with Gasteiger partial charge in [0.05, 0.1) is 19.3 Å². The number of ether oxygens (including phenoxy) is 2. The number of hydrogen-bond donors (Lipinski definition) is 1. The minimum absolute atomic E-state index is 0.0413. The zero-order valence-electron chi connectivity index (χ0n) is 15.1. The minimum atomic E-state index is -1.83. The first kappa shape index (κ1) is 19.5. The van der Waals surface area contributed by atoms with Crippen molar-refractivity contribution in [1.82, 2.24) is 0 Å². The number of benzene rings is 1. The van der Waals surface area contributed by atoms with E-state index in [1.807, 2.05) is 6.92 Å². The van der Waals surface area contributed by atoms with Crippen LogP contribution in [0, 0.1) is 0 Å². The SMILES string of the molecule is COC(=O)c1cc(O)cc(O[C@@H](C)CO[Si](C)(C)C(C)(C)C)c1. The first-order chi connectivity index (χ1) is 10.5. The number of carbonyl (C=O) groups is 1. The molecule has 130 valence electrons. The van der Waals surface area contributed by atoms with Crippen molar-refractivity contribution in [3.05, 3.63) is 23.8 Å². The molecule has 0 aliphatic heterocycles. The lowest BCUT2D eigenvalue weighted by molar-refractivity contribution is 0.0599. The predicted molar refractivity (Wildman–Crippen MR) is 92.7 cm³/mol. The van der Waals surface area contributed by atoms with Crippen molar-refractivity contribution >= 4 is 14.3 Å². The van der Waals surface area contributed by atoms with E-state index < -0.39 is 14.3 Å². The highest BCUT2D eigenvalue weighted by molar-refractivity contribution is 6.74. The average Bonchev–Trinajstić information content (AvgIpc) is 2.42. The number of methoxy groups -OCH3 is 1. The number of hydrogen-bond acceptors (Lipinski definition) is 5. The molecule has 0 aliphatic rings. The Bertz CT molecular complexity index is 548. The summed E-state index contributed by atoms with van der Waals surface area (Å²) in [7, 11) is -0.540. The first-order valence-electron chi connectivity index (χ1n) is 7.69. The predicted octanol–water partition coefficient (Wildman–Crippen LogP) is 3.97. The lowest BCUT2D eigenvalue weighted by atomic mass is 10.2. The molecule has 0 heterocycles. The minimum Gasteiger partial charge on any atom is -0.508 e. The zero-order valence-corrected chi connectivity index (χ0v) is 16.1. The van der Waals surface area contributed by atoms with Crippen LogP contribution >= 0.6 is 0 Å². The Balaban J connectivity index is 2.73. The van der Waals surface area contributed by atoms with Gasteiger partial charge in [0.15, 0.2) is 8.32 Å². The highest BCUT2D eigenvalue weighted by atomic mass is 28.4. The molecule has 0 unspecified atom stereocenters. The van der Waals surface area contributed by atoms with E-state index in [1.165, 1.54) is 19.2 Å². The summed E-state index contributed by atoms with van der Waals surface area (Å²) in [5.74, 6) is -0.145. The maximum Gasteiger partial charge on any atom is 0.338 e. The molecule has 1 aromatic carbocycles. The smallest absolute Gasteiger partial charge is 0.338 e. The van der Waals surface area contributed by atoms with Crippen molar-refractivity contribution in [2.75, 3.05) is 13.7 Å². The van der Waals surface area contributed by atoms with Crippen LogP contribution in [0.5, 0.6) is 11.5 Å². The molecule has 0 radical (unpaired) electrons. The standard InChI is InChI=1S/C17H28O5Si/c1-12(11-21-23(6,7)17(2,3)4)22-15-9-13(16(19)20-5)8-14(18)10-15/h8-10,12,18H,11H2,1-7H3/t12-/m0/s1. The Hall–Kier alpha value is -1.53. The monoisotopic (exact) mass is 340 g/mol. The van der Waals surface area contributed by atoms with Gasteiger partial charge in [-0.3, -0.25) is 0 Å². The fourth-order valence-corrected chi connectivity index (χ4v) is 2.78. The van der Waals surface area contributed by atoms with Crippen LogP contribution in [0.3, 0.4) is 0 Å². The molecule has 0 spiro atoms. The number of phenolic OH excluding ortho intramolecular Hbond substituents is 1. The summed E-state index contributed by atoms with van der Waals surface area (Å²) in [6.07, 6.45) is -0.198. The lowest BCUT2D eigenvalue weighted by Gasteiger charge is -2.36. The molecule has 0 aliphatic carbocycles. The maximum atomic E-state index is 11.6. The molecule has 0 saturated carbocycles. The van der Waals surface area contributed by atoms with Gasteiger partial charge in [-0.2, -0.15) is 0 Å². The summed E-state index contributed by atoms with van der Waals surface area (Å²) < 4.78 is 16.5. The van der Waals surface area contributed by atoms with E-state index in [0.717, 1.165) is 0 Å². The molecule has 1 aromatic rings. The number of phenols is 1. The van der Waals surface area contributed by atoms with Gasteiger partial charge in [-0.15, -0.1) is 0 Å². The van der Waals surface area contributed by atoms with Crippen LogP contribution in [0.15, 0.2) is 18.2 Å². The van der Waals surface area contributed by atoms with E-state index in [0.29, 0.717) is 12.4 Å². The van der Waals surface area contributed by atoms with Crippen LogP contribution in [0.25, 0.3) is 0 Å².